The van der Waals surface area contributed by atoms with E-state index in [-0.39, 0.29) is 18.6 Å². The Hall–Kier alpha value is -1.76. The molecule has 0 spiro atoms. The Morgan fingerprint density at radius 3 is 2.67 bits per heavy atom. The van der Waals surface area contributed by atoms with Crippen molar-refractivity contribution in [1.29, 1.82) is 0 Å². The van der Waals surface area contributed by atoms with E-state index in [1.165, 1.54) is 12.1 Å². The minimum absolute atomic E-state index is 0.0674. The summed E-state index contributed by atoms with van der Waals surface area (Å²) in [6, 6.07) is 5.34. The molecule has 1 aromatic rings. The van der Waals surface area contributed by atoms with E-state index in [0.29, 0.717) is 25.2 Å². The maximum Gasteiger partial charge on any atom is 0.416 e. The molecule has 1 aliphatic heterocycles. The van der Waals surface area contributed by atoms with Crippen molar-refractivity contribution < 1.29 is 23.1 Å². The van der Waals surface area contributed by atoms with Gasteiger partial charge in [0.1, 0.15) is 0 Å². The van der Waals surface area contributed by atoms with Gasteiger partial charge in [-0.25, -0.2) is 4.79 Å². The zero-order chi connectivity index (χ0) is 19.5. The summed E-state index contributed by atoms with van der Waals surface area (Å²) in [7, 11) is 0. The zero-order valence-corrected chi connectivity index (χ0v) is 15.4. The van der Waals surface area contributed by atoms with E-state index in [4.69, 9.17) is 0 Å². The minimum atomic E-state index is -4.37. The van der Waals surface area contributed by atoms with Gasteiger partial charge in [-0.05, 0) is 43.2 Å². The third kappa shape index (κ3) is 4.57. The Bertz CT molecular complexity index is 657. The summed E-state index contributed by atoms with van der Waals surface area (Å²) in [6.07, 6.45) is 0.838. The lowest BCUT2D eigenvalue weighted by Crippen LogP contribution is -2.49. The number of urea groups is 1. The summed E-state index contributed by atoms with van der Waals surface area (Å²) >= 11 is 0. The first kappa shape index (κ1) is 20.0. The third-order valence-corrected chi connectivity index (χ3v) is 6.01. The van der Waals surface area contributed by atoms with Crippen molar-refractivity contribution in [3.05, 3.63) is 35.4 Å². The summed E-state index contributed by atoms with van der Waals surface area (Å²) in [5.41, 5.74) is -0.426. The molecule has 0 aromatic heterocycles. The fourth-order valence-corrected chi connectivity index (χ4v) is 4.40. The van der Waals surface area contributed by atoms with Crippen LogP contribution in [0.5, 0.6) is 0 Å². The summed E-state index contributed by atoms with van der Waals surface area (Å²) in [5, 5.41) is 12.3. The lowest BCUT2D eigenvalue weighted by Gasteiger charge is -2.35. The third-order valence-electron chi connectivity index (χ3n) is 6.01. The first-order valence-electron chi connectivity index (χ1n) is 9.65. The molecule has 2 fully saturated rings. The van der Waals surface area contributed by atoms with Gasteiger partial charge in [0.2, 0.25) is 0 Å². The molecule has 2 N–H and O–H groups in total. The number of nitrogens with zero attached hydrogens (tertiary/aromatic N) is 1. The van der Waals surface area contributed by atoms with Crippen molar-refractivity contribution in [3.63, 3.8) is 0 Å². The predicted molar refractivity (Wildman–Crippen MR) is 96.4 cm³/mol. The molecule has 1 aliphatic carbocycles. The summed E-state index contributed by atoms with van der Waals surface area (Å²) in [6.45, 7) is 1.59. The number of carbonyl (C=O) groups excluding carboxylic acids is 1. The van der Waals surface area contributed by atoms with Crippen molar-refractivity contribution >= 4 is 6.03 Å². The normalized spacial score (nSPS) is 22.7. The number of nitrogens with one attached hydrogen (secondary N) is 1. The highest BCUT2D eigenvalue weighted by Gasteiger charge is 2.38. The van der Waals surface area contributed by atoms with Crippen molar-refractivity contribution in [3.8, 4) is 0 Å². The van der Waals surface area contributed by atoms with Crippen molar-refractivity contribution in [2.75, 3.05) is 26.2 Å². The number of carbonyl (C=O) groups is 1. The number of alkyl halides is 3. The molecule has 1 atom stereocenters. The van der Waals surface area contributed by atoms with E-state index in [1.807, 2.05) is 0 Å². The monoisotopic (exact) mass is 384 g/mol. The number of amides is 2. The molecule has 0 bridgehead atoms. The van der Waals surface area contributed by atoms with Crippen LogP contribution in [0.1, 0.15) is 49.7 Å². The highest BCUT2D eigenvalue weighted by Crippen LogP contribution is 2.42. The number of aliphatic hydroxyl groups excluding tert-OH is 1. The van der Waals surface area contributed by atoms with Gasteiger partial charge in [-0.15, -0.1) is 0 Å². The molecule has 1 saturated carbocycles. The van der Waals surface area contributed by atoms with Crippen LogP contribution in [-0.4, -0.2) is 42.3 Å². The van der Waals surface area contributed by atoms with Crippen LogP contribution in [0.4, 0.5) is 18.0 Å². The number of aliphatic hydroxyl groups is 1. The highest BCUT2D eigenvalue weighted by molar-refractivity contribution is 5.74. The van der Waals surface area contributed by atoms with Crippen LogP contribution in [0.15, 0.2) is 24.3 Å². The molecule has 7 heteroatoms. The maximum atomic E-state index is 13.1. The second-order valence-corrected chi connectivity index (χ2v) is 7.86. The van der Waals surface area contributed by atoms with Crippen LogP contribution in [-0.2, 0) is 11.6 Å². The number of hydrogen-bond acceptors (Lipinski definition) is 2. The first-order valence-corrected chi connectivity index (χ1v) is 9.65. The topological polar surface area (TPSA) is 52.6 Å². The predicted octanol–water partition coefficient (Wildman–Crippen LogP) is 3.93. The molecule has 4 nitrogen and oxygen atoms in total. The second-order valence-electron chi connectivity index (χ2n) is 7.86. The molecular weight excluding hydrogens is 357 g/mol. The molecule has 1 aromatic carbocycles. The summed E-state index contributed by atoms with van der Waals surface area (Å²) in [5.74, 6) is 0.105. The smallest absolute Gasteiger partial charge is 0.396 e. The van der Waals surface area contributed by atoms with Gasteiger partial charge < -0.3 is 15.3 Å². The number of benzene rings is 1. The Morgan fingerprint density at radius 1 is 1.26 bits per heavy atom. The largest absolute Gasteiger partial charge is 0.416 e. The van der Waals surface area contributed by atoms with Gasteiger partial charge in [0.25, 0.3) is 0 Å². The van der Waals surface area contributed by atoms with E-state index in [9.17, 15) is 23.1 Å². The fraction of sp³-hybridized carbons (Fsp3) is 0.650. The summed E-state index contributed by atoms with van der Waals surface area (Å²) < 4.78 is 39.3. The lowest BCUT2D eigenvalue weighted by atomic mass is 9.78. The number of hydrogen-bond donors (Lipinski definition) is 2. The van der Waals surface area contributed by atoms with Gasteiger partial charge in [0.15, 0.2) is 0 Å². The lowest BCUT2D eigenvalue weighted by molar-refractivity contribution is -0.137. The molecular formula is C20H27F3N2O2. The Kier molecular flexibility index (Phi) is 5.99. The minimum Gasteiger partial charge on any atom is -0.396 e. The first-order chi connectivity index (χ1) is 12.8. The standard InChI is InChI=1S/C20H27F3N2O2/c21-20(22,23)17-7-3-6-16(11-17)19(8-1-2-9-19)14-24-18(27)25-10-4-5-15(12-25)13-26/h3,6-7,11,15,26H,1-2,4-5,8-10,12-14H2,(H,24,27)/t15-/m0/s1. The number of rotatable bonds is 4. The molecule has 1 saturated heterocycles. The van der Waals surface area contributed by atoms with Crippen LogP contribution >= 0.6 is 0 Å². The average molecular weight is 384 g/mol. The molecule has 2 amide bonds. The maximum absolute atomic E-state index is 13.1. The molecule has 150 valence electrons. The average Bonchev–Trinajstić information content (AvgIpc) is 3.16. The van der Waals surface area contributed by atoms with Crippen molar-refractivity contribution in [2.45, 2.75) is 50.1 Å². The zero-order valence-electron chi connectivity index (χ0n) is 15.4. The molecule has 2 aliphatic rings. The van der Waals surface area contributed by atoms with Crippen LogP contribution in [0.25, 0.3) is 0 Å². The Balaban J connectivity index is 1.71. The molecule has 27 heavy (non-hydrogen) atoms. The van der Waals surface area contributed by atoms with Gasteiger partial charge in [-0.2, -0.15) is 13.2 Å². The van der Waals surface area contributed by atoms with E-state index in [1.54, 1.807) is 11.0 Å². The number of piperidine rings is 1. The van der Waals surface area contributed by atoms with Crippen LogP contribution in [0, 0.1) is 5.92 Å². The molecule has 0 radical (unpaired) electrons. The van der Waals surface area contributed by atoms with Gasteiger partial charge in [0, 0.05) is 31.7 Å². The van der Waals surface area contributed by atoms with Crippen molar-refractivity contribution in [1.82, 2.24) is 10.2 Å². The van der Waals surface area contributed by atoms with E-state index in [2.05, 4.69) is 5.32 Å². The summed E-state index contributed by atoms with van der Waals surface area (Å²) in [4.78, 5) is 14.3. The Labute approximate surface area is 157 Å². The SMILES string of the molecule is O=C(NCC1(c2cccc(C(F)(F)F)c2)CCCC1)N1CCC[C@H](CO)C1. The molecule has 1 heterocycles. The van der Waals surface area contributed by atoms with Crippen LogP contribution < -0.4 is 5.32 Å². The van der Waals surface area contributed by atoms with Crippen molar-refractivity contribution in [2.24, 2.45) is 5.92 Å². The quantitative estimate of drug-likeness (QED) is 0.826. The number of halogens is 3. The van der Waals surface area contributed by atoms with Crippen LogP contribution in [0.2, 0.25) is 0 Å². The van der Waals surface area contributed by atoms with Gasteiger partial charge >= 0.3 is 12.2 Å². The van der Waals surface area contributed by atoms with Gasteiger partial charge in [-0.3, -0.25) is 0 Å². The Morgan fingerprint density at radius 2 is 2.00 bits per heavy atom. The fourth-order valence-electron chi connectivity index (χ4n) is 4.40. The number of likely N-dealkylation sites (tertiary alicyclic amines) is 1. The second kappa shape index (κ2) is 8.09. The highest BCUT2D eigenvalue weighted by atomic mass is 19.4. The van der Waals surface area contributed by atoms with Gasteiger partial charge in [-0.1, -0.05) is 31.0 Å². The van der Waals surface area contributed by atoms with E-state index in [0.717, 1.165) is 44.6 Å². The molecule has 0 unspecified atom stereocenters. The molecule has 3 rings (SSSR count). The van der Waals surface area contributed by atoms with Gasteiger partial charge in [0.05, 0.1) is 5.56 Å². The van der Waals surface area contributed by atoms with E-state index < -0.39 is 17.2 Å². The van der Waals surface area contributed by atoms with E-state index >= 15 is 0 Å². The van der Waals surface area contributed by atoms with Crippen LogP contribution in [0.3, 0.4) is 0 Å².